The van der Waals surface area contributed by atoms with Crippen molar-refractivity contribution in [3.63, 3.8) is 0 Å². The zero-order valence-electron chi connectivity index (χ0n) is 22.0. The van der Waals surface area contributed by atoms with Crippen LogP contribution in [0.25, 0.3) is 0 Å². The highest BCUT2D eigenvalue weighted by molar-refractivity contribution is 5.97. The van der Waals surface area contributed by atoms with Crippen LogP contribution in [-0.4, -0.2) is 83.8 Å². The maximum absolute atomic E-state index is 14.0. The Morgan fingerprint density at radius 3 is 2.74 bits per heavy atom. The molecule has 1 N–H and O–H groups in total. The Balaban J connectivity index is 1.63. The molecule has 0 spiro atoms. The summed E-state index contributed by atoms with van der Waals surface area (Å²) in [5.41, 5.74) is 0.877. The number of aliphatic hydroxyl groups is 1. The number of nitrogens with zero attached hydrogens (tertiary/aromatic N) is 3. The number of likely N-dealkylation sites (N-methyl/N-ethyl adjacent to an activating group) is 1. The molecule has 3 heterocycles. The molecule has 1 saturated heterocycles. The summed E-state index contributed by atoms with van der Waals surface area (Å²) in [6, 6.07) is 7.34. The Hall–Kier alpha value is -3.48. The van der Waals surface area contributed by atoms with Crippen molar-refractivity contribution in [2.45, 2.75) is 38.8 Å². The Morgan fingerprint density at radius 1 is 1.29 bits per heavy atom. The Morgan fingerprint density at radius 2 is 2.03 bits per heavy atom. The Kier molecular flexibility index (Phi) is 8.97. The molecule has 0 unspecified atom stereocenters. The molecule has 1 aromatic heterocycles. The number of fused-ring (bicyclic) bond motifs is 1. The molecule has 4 rings (SSSR count). The molecule has 1 fully saturated rings. The second-order valence-corrected chi connectivity index (χ2v) is 10.0. The van der Waals surface area contributed by atoms with E-state index in [1.807, 2.05) is 6.92 Å². The first-order valence-electron chi connectivity index (χ1n) is 13.0. The fourth-order valence-electron chi connectivity index (χ4n) is 4.71. The number of aliphatic hydroxyl groups excluding tert-OH is 1. The molecule has 1 aromatic carbocycles. The van der Waals surface area contributed by atoms with Crippen LogP contribution in [-0.2, 0) is 9.53 Å². The monoisotopic (exact) mass is 523 g/mol. The lowest BCUT2D eigenvalue weighted by Gasteiger charge is -2.38. The minimum Gasteiger partial charge on any atom is -0.472 e. The van der Waals surface area contributed by atoms with Crippen molar-refractivity contribution in [1.29, 1.82) is 0 Å². The van der Waals surface area contributed by atoms with Gasteiger partial charge in [-0.3, -0.25) is 9.59 Å². The van der Waals surface area contributed by atoms with Gasteiger partial charge in [0.1, 0.15) is 17.5 Å². The predicted octanol–water partition coefficient (Wildman–Crippen LogP) is 2.73. The summed E-state index contributed by atoms with van der Waals surface area (Å²) in [6.07, 6.45) is 2.44. The standard InChI is InChI=1S/C29H34FN3O5/c1-19-16-33(20(2)18-34)29(36)24-14-21(8-9-22-6-4-5-7-25(22)30)15-31-27(24)38-26(19)17-32(3)28(35)23-10-12-37-13-11-23/h4-7,14-15,19-20,23,26,34H,10-13,16-18H2,1-3H3/t19-,20+,26+/m1/s1. The van der Waals surface area contributed by atoms with Gasteiger partial charge in [-0.2, -0.15) is 0 Å². The number of carbonyl (C=O) groups is 2. The largest absolute Gasteiger partial charge is 0.472 e. The van der Waals surface area contributed by atoms with Gasteiger partial charge in [-0.25, -0.2) is 9.37 Å². The molecule has 0 saturated carbocycles. The van der Waals surface area contributed by atoms with E-state index in [2.05, 4.69) is 16.8 Å². The summed E-state index contributed by atoms with van der Waals surface area (Å²) in [7, 11) is 1.77. The first-order chi connectivity index (χ1) is 18.3. The number of aromatic nitrogens is 1. The van der Waals surface area contributed by atoms with Crippen LogP contribution in [0.15, 0.2) is 36.5 Å². The number of carbonyl (C=O) groups excluding carboxylic acids is 2. The lowest BCUT2D eigenvalue weighted by molar-refractivity contribution is -0.138. The number of pyridine rings is 1. The predicted molar refractivity (Wildman–Crippen MR) is 139 cm³/mol. The van der Waals surface area contributed by atoms with E-state index in [-0.39, 0.29) is 47.3 Å². The number of rotatable bonds is 5. The molecule has 38 heavy (non-hydrogen) atoms. The van der Waals surface area contributed by atoms with E-state index in [0.29, 0.717) is 44.7 Å². The molecule has 2 aliphatic rings. The maximum Gasteiger partial charge on any atom is 0.259 e. The first-order valence-corrected chi connectivity index (χ1v) is 13.0. The van der Waals surface area contributed by atoms with Crippen LogP contribution >= 0.6 is 0 Å². The van der Waals surface area contributed by atoms with Crippen LogP contribution in [0.5, 0.6) is 5.88 Å². The molecule has 2 aliphatic heterocycles. The molecular formula is C29H34FN3O5. The molecule has 0 bridgehead atoms. The van der Waals surface area contributed by atoms with Crippen molar-refractivity contribution in [2.24, 2.45) is 11.8 Å². The molecule has 9 heteroatoms. The van der Waals surface area contributed by atoms with Gasteiger partial charge in [-0.15, -0.1) is 0 Å². The van der Waals surface area contributed by atoms with Crippen molar-refractivity contribution in [3.8, 4) is 17.7 Å². The highest BCUT2D eigenvalue weighted by Crippen LogP contribution is 2.28. The van der Waals surface area contributed by atoms with Crippen molar-refractivity contribution in [2.75, 3.05) is 40.0 Å². The van der Waals surface area contributed by atoms with Crippen LogP contribution in [0.4, 0.5) is 4.39 Å². The van der Waals surface area contributed by atoms with Gasteiger partial charge in [0, 0.05) is 50.4 Å². The molecule has 3 atom stereocenters. The van der Waals surface area contributed by atoms with Crippen molar-refractivity contribution >= 4 is 11.8 Å². The molecule has 2 amide bonds. The smallest absolute Gasteiger partial charge is 0.259 e. The molecule has 0 aliphatic carbocycles. The number of amides is 2. The van der Waals surface area contributed by atoms with Gasteiger partial charge in [0.2, 0.25) is 11.8 Å². The second kappa shape index (κ2) is 12.4. The Labute approximate surface area is 222 Å². The quantitative estimate of drug-likeness (QED) is 0.606. The van der Waals surface area contributed by atoms with Crippen LogP contribution in [0.3, 0.4) is 0 Å². The van der Waals surface area contributed by atoms with Gasteiger partial charge in [-0.05, 0) is 38.0 Å². The van der Waals surface area contributed by atoms with Gasteiger partial charge in [0.05, 0.1) is 24.8 Å². The number of halogens is 1. The highest BCUT2D eigenvalue weighted by atomic mass is 19.1. The minimum atomic E-state index is -0.439. The number of hydrogen-bond donors (Lipinski definition) is 1. The SMILES string of the molecule is C[C@@H]1CN([C@@H](C)CO)C(=O)c2cc(C#Cc3ccccc3F)cnc2O[C@H]1CN(C)C(=O)C1CCOCC1. The summed E-state index contributed by atoms with van der Waals surface area (Å²) in [5, 5.41) is 9.86. The van der Waals surface area contributed by atoms with E-state index in [0.717, 1.165) is 0 Å². The van der Waals surface area contributed by atoms with E-state index in [9.17, 15) is 19.1 Å². The van der Waals surface area contributed by atoms with Crippen molar-refractivity contribution in [1.82, 2.24) is 14.8 Å². The van der Waals surface area contributed by atoms with Crippen LogP contribution in [0, 0.1) is 29.5 Å². The maximum atomic E-state index is 14.0. The molecule has 0 radical (unpaired) electrons. The van der Waals surface area contributed by atoms with Gasteiger partial charge in [0.15, 0.2) is 0 Å². The van der Waals surface area contributed by atoms with E-state index in [4.69, 9.17) is 9.47 Å². The number of benzene rings is 1. The third kappa shape index (κ3) is 6.32. The molecule has 202 valence electrons. The fourth-order valence-corrected chi connectivity index (χ4v) is 4.71. The van der Waals surface area contributed by atoms with Crippen LogP contribution < -0.4 is 4.74 Å². The highest BCUT2D eigenvalue weighted by Gasteiger charge is 2.35. The topological polar surface area (TPSA) is 92.2 Å². The Bertz CT molecular complexity index is 1220. The van der Waals surface area contributed by atoms with E-state index < -0.39 is 18.0 Å². The number of hydrogen-bond acceptors (Lipinski definition) is 6. The van der Waals surface area contributed by atoms with E-state index in [1.54, 1.807) is 48.0 Å². The summed E-state index contributed by atoms with van der Waals surface area (Å²) >= 11 is 0. The summed E-state index contributed by atoms with van der Waals surface area (Å²) in [4.78, 5) is 34.3. The van der Waals surface area contributed by atoms with E-state index >= 15 is 0 Å². The molecular weight excluding hydrogens is 489 g/mol. The minimum absolute atomic E-state index is 0.0507. The lowest BCUT2D eigenvalue weighted by atomic mass is 9.97. The van der Waals surface area contributed by atoms with Crippen molar-refractivity contribution < 1.29 is 28.6 Å². The number of ether oxygens (including phenoxy) is 2. The van der Waals surface area contributed by atoms with Crippen LogP contribution in [0.2, 0.25) is 0 Å². The third-order valence-corrected chi connectivity index (χ3v) is 7.14. The summed E-state index contributed by atoms with van der Waals surface area (Å²) in [6.45, 7) is 5.34. The van der Waals surface area contributed by atoms with Gasteiger partial charge in [-0.1, -0.05) is 30.9 Å². The summed E-state index contributed by atoms with van der Waals surface area (Å²) < 4.78 is 25.7. The normalized spacial score (nSPS) is 20.8. The van der Waals surface area contributed by atoms with Gasteiger partial charge < -0.3 is 24.4 Å². The zero-order chi connectivity index (χ0) is 27.2. The first kappa shape index (κ1) is 27.6. The fraction of sp³-hybridized carbons (Fsp3) is 0.483. The van der Waals surface area contributed by atoms with Gasteiger partial charge >= 0.3 is 0 Å². The van der Waals surface area contributed by atoms with Crippen LogP contribution in [0.1, 0.15) is 48.2 Å². The average Bonchev–Trinajstić information content (AvgIpc) is 2.94. The average molecular weight is 524 g/mol. The molecule has 2 aromatic rings. The van der Waals surface area contributed by atoms with Gasteiger partial charge in [0.25, 0.3) is 5.91 Å². The third-order valence-electron chi connectivity index (χ3n) is 7.14. The second-order valence-electron chi connectivity index (χ2n) is 10.0. The zero-order valence-corrected chi connectivity index (χ0v) is 22.0. The van der Waals surface area contributed by atoms with E-state index in [1.165, 1.54) is 12.3 Å². The summed E-state index contributed by atoms with van der Waals surface area (Å²) in [5.74, 6) is 4.87. The lowest BCUT2D eigenvalue weighted by Crippen LogP contribution is -2.51. The van der Waals surface area contributed by atoms with Crippen molar-refractivity contribution in [3.05, 3.63) is 59.0 Å². The molecule has 8 nitrogen and oxygen atoms in total.